The summed E-state index contributed by atoms with van der Waals surface area (Å²) in [6, 6.07) is 9.91. The average molecular weight is 239 g/mol. The number of nitrogens with two attached hydrogens (primary N) is 1. The number of hydrogen-bond acceptors (Lipinski definition) is 4. The Hall–Kier alpha value is -0.550. The SMILES string of the molecule is CC1OC(Sc2ccccc2)CC(N)C1O. The molecule has 1 aromatic carbocycles. The van der Waals surface area contributed by atoms with Gasteiger partial charge in [-0.15, -0.1) is 0 Å². The van der Waals surface area contributed by atoms with E-state index in [1.165, 1.54) is 4.90 Å². The lowest BCUT2D eigenvalue weighted by Gasteiger charge is -2.35. The van der Waals surface area contributed by atoms with Crippen molar-refractivity contribution in [3.63, 3.8) is 0 Å². The molecule has 1 heterocycles. The van der Waals surface area contributed by atoms with Crippen LogP contribution in [0.3, 0.4) is 0 Å². The van der Waals surface area contributed by atoms with Crippen molar-refractivity contribution in [2.45, 2.75) is 41.9 Å². The number of aliphatic hydroxyl groups is 1. The van der Waals surface area contributed by atoms with Crippen molar-refractivity contribution in [3.05, 3.63) is 30.3 Å². The highest BCUT2D eigenvalue weighted by molar-refractivity contribution is 7.99. The molecule has 1 aliphatic heterocycles. The Bertz CT molecular complexity index is 321. The summed E-state index contributed by atoms with van der Waals surface area (Å²) >= 11 is 1.66. The molecule has 4 unspecified atom stereocenters. The van der Waals surface area contributed by atoms with Gasteiger partial charge in [0.1, 0.15) is 5.44 Å². The maximum absolute atomic E-state index is 9.67. The highest BCUT2D eigenvalue weighted by atomic mass is 32.2. The molecule has 0 radical (unpaired) electrons. The van der Waals surface area contributed by atoms with E-state index >= 15 is 0 Å². The first-order valence-electron chi connectivity index (χ1n) is 5.47. The normalized spacial score (nSPS) is 34.9. The summed E-state index contributed by atoms with van der Waals surface area (Å²) in [5, 5.41) is 9.67. The van der Waals surface area contributed by atoms with Gasteiger partial charge in [-0.05, 0) is 19.1 Å². The molecule has 1 saturated heterocycles. The molecule has 3 nitrogen and oxygen atoms in total. The van der Waals surface area contributed by atoms with Crippen LogP contribution in [-0.2, 0) is 4.74 Å². The molecule has 1 aromatic rings. The molecule has 16 heavy (non-hydrogen) atoms. The van der Waals surface area contributed by atoms with Crippen molar-refractivity contribution in [2.75, 3.05) is 0 Å². The second-order valence-electron chi connectivity index (χ2n) is 4.09. The Kier molecular flexibility index (Phi) is 3.86. The van der Waals surface area contributed by atoms with Crippen molar-refractivity contribution in [1.29, 1.82) is 0 Å². The largest absolute Gasteiger partial charge is 0.389 e. The maximum Gasteiger partial charge on any atom is 0.109 e. The standard InChI is InChI=1S/C12H17NO2S/c1-8-12(14)10(13)7-11(15-8)16-9-5-3-2-4-6-9/h2-6,8,10-12,14H,7,13H2,1H3. The minimum atomic E-state index is -0.548. The van der Waals surface area contributed by atoms with Crippen LogP contribution in [0.4, 0.5) is 0 Å². The molecule has 3 N–H and O–H groups in total. The summed E-state index contributed by atoms with van der Waals surface area (Å²) in [5.41, 5.74) is 5.91. The van der Waals surface area contributed by atoms with Gasteiger partial charge in [0, 0.05) is 17.4 Å². The number of aliphatic hydroxyl groups excluding tert-OH is 1. The molecule has 0 saturated carbocycles. The van der Waals surface area contributed by atoms with Crippen molar-refractivity contribution in [2.24, 2.45) is 5.73 Å². The number of ether oxygens (including phenoxy) is 1. The third-order valence-electron chi connectivity index (χ3n) is 2.76. The highest BCUT2D eigenvalue weighted by Gasteiger charge is 2.33. The second-order valence-corrected chi connectivity index (χ2v) is 5.32. The average Bonchev–Trinajstić information content (AvgIpc) is 2.27. The number of hydrogen-bond donors (Lipinski definition) is 2. The monoisotopic (exact) mass is 239 g/mol. The molecule has 0 amide bonds. The summed E-state index contributed by atoms with van der Waals surface area (Å²) in [7, 11) is 0. The van der Waals surface area contributed by atoms with Crippen LogP contribution in [0.5, 0.6) is 0 Å². The van der Waals surface area contributed by atoms with E-state index in [0.717, 1.165) is 0 Å². The van der Waals surface area contributed by atoms with Crippen LogP contribution >= 0.6 is 11.8 Å². The van der Waals surface area contributed by atoms with Gasteiger partial charge in [0.2, 0.25) is 0 Å². The Morgan fingerprint density at radius 3 is 2.69 bits per heavy atom. The first-order valence-corrected chi connectivity index (χ1v) is 6.35. The van der Waals surface area contributed by atoms with E-state index in [2.05, 4.69) is 12.1 Å². The smallest absolute Gasteiger partial charge is 0.109 e. The Morgan fingerprint density at radius 1 is 1.38 bits per heavy atom. The zero-order valence-electron chi connectivity index (χ0n) is 9.24. The van der Waals surface area contributed by atoms with E-state index in [-0.39, 0.29) is 17.6 Å². The molecular weight excluding hydrogens is 222 g/mol. The quantitative estimate of drug-likeness (QED) is 0.823. The predicted octanol–water partition coefficient (Wildman–Crippen LogP) is 1.60. The summed E-state index contributed by atoms with van der Waals surface area (Å²) < 4.78 is 5.71. The fraction of sp³-hybridized carbons (Fsp3) is 0.500. The molecular formula is C12H17NO2S. The van der Waals surface area contributed by atoms with Gasteiger partial charge in [-0.2, -0.15) is 0 Å². The van der Waals surface area contributed by atoms with Gasteiger partial charge in [0.05, 0.1) is 12.2 Å². The number of rotatable bonds is 2. The summed E-state index contributed by atoms with van der Waals surface area (Å²) in [4.78, 5) is 1.17. The molecule has 1 aliphatic rings. The van der Waals surface area contributed by atoms with E-state index in [9.17, 15) is 5.11 Å². The van der Waals surface area contributed by atoms with Crippen molar-refractivity contribution < 1.29 is 9.84 Å². The molecule has 0 spiro atoms. The molecule has 0 aromatic heterocycles. The molecule has 88 valence electrons. The fourth-order valence-corrected chi connectivity index (χ4v) is 2.98. The molecule has 4 heteroatoms. The molecule has 1 fully saturated rings. The van der Waals surface area contributed by atoms with Crippen LogP contribution in [0.15, 0.2) is 35.2 Å². The zero-order valence-corrected chi connectivity index (χ0v) is 10.1. The lowest BCUT2D eigenvalue weighted by atomic mass is 10.0. The van der Waals surface area contributed by atoms with Gasteiger partial charge in [-0.3, -0.25) is 0 Å². The topological polar surface area (TPSA) is 55.5 Å². The minimum absolute atomic E-state index is 0.0378. The molecule has 4 atom stereocenters. The molecule has 2 rings (SSSR count). The second kappa shape index (κ2) is 5.19. The molecule has 0 aliphatic carbocycles. The number of thioether (sulfide) groups is 1. The summed E-state index contributed by atoms with van der Waals surface area (Å²) in [6.07, 6.45) is -0.0528. The zero-order chi connectivity index (χ0) is 11.5. The van der Waals surface area contributed by atoms with Crippen LogP contribution < -0.4 is 5.73 Å². The Morgan fingerprint density at radius 2 is 2.06 bits per heavy atom. The van der Waals surface area contributed by atoms with Gasteiger partial charge in [-0.1, -0.05) is 30.0 Å². The van der Waals surface area contributed by atoms with Crippen molar-refractivity contribution in [3.8, 4) is 0 Å². The van der Waals surface area contributed by atoms with Crippen LogP contribution in [0.1, 0.15) is 13.3 Å². The van der Waals surface area contributed by atoms with Crippen molar-refractivity contribution in [1.82, 2.24) is 0 Å². The van der Waals surface area contributed by atoms with E-state index in [0.29, 0.717) is 6.42 Å². The van der Waals surface area contributed by atoms with E-state index in [1.54, 1.807) is 11.8 Å². The Labute approximate surface area is 100.0 Å². The van der Waals surface area contributed by atoms with Gasteiger partial charge in [0.15, 0.2) is 0 Å². The highest BCUT2D eigenvalue weighted by Crippen LogP contribution is 2.31. The van der Waals surface area contributed by atoms with Crippen LogP contribution in [0.25, 0.3) is 0 Å². The summed E-state index contributed by atoms with van der Waals surface area (Å²) in [5.74, 6) is 0. The number of benzene rings is 1. The fourth-order valence-electron chi connectivity index (χ4n) is 1.81. The summed E-state index contributed by atoms with van der Waals surface area (Å²) in [6.45, 7) is 1.86. The minimum Gasteiger partial charge on any atom is -0.389 e. The van der Waals surface area contributed by atoms with E-state index in [4.69, 9.17) is 10.5 Å². The van der Waals surface area contributed by atoms with E-state index in [1.807, 2.05) is 25.1 Å². The van der Waals surface area contributed by atoms with Crippen LogP contribution in [0.2, 0.25) is 0 Å². The predicted molar refractivity (Wildman–Crippen MR) is 65.2 cm³/mol. The first-order chi connectivity index (χ1) is 7.66. The third-order valence-corrected chi connectivity index (χ3v) is 3.87. The van der Waals surface area contributed by atoms with Crippen molar-refractivity contribution >= 4 is 11.8 Å². The lowest BCUT2D eigenvalue weighted by Crippen LogP contribution is -2.50. The maximum atomic E-state index is 9.67. The lowest BCUT2D eigenvalue weighted by molar-refractivity contribution is -0.0867. The van der Waals surface area contributed by atoms with Gasteiger partial charge < -0.3 is 15.6 Å². The van der Waals surface area contributed by atoms with Gasteiger partial charge >= 0.3 is 0 Å². The first kappa shape index (κ1) is 11.9. The molecule has 0 bridgehead atoms. The van der Waals surface area contributed by atoms with Gasteiger partial charge in [0.25, 0.3) is 0 Å². The van der Waals surface area contributed by atoms with Gasteiger partial charge in [-0.25, -0.2) is 0 Å². The van der Waals surface area contributed by atoms with Crippen LogP contribution in [0, 0.1) is 0 Å². The third kappa shape index (κ3) is 2.77. The van der Waals surface area contributed by atoms with Crippen LogP contribution in [-0.4, -0.2) is 28.8 Å². The van der Waals surface area contributed by atoms with E-state index < -0.39 is 6.10 Å². The Balaban J connectivity index is 1.97.